The highest BCUT2D eigenvalue weighted by atomic mass is 79.9. The van der Waals surface area contributed by atoms with E-state index in [4.69, 9.17) is 0 Å². The van der Waals surface area contributed by atoms with Crippen LogP contribution in [-0.2, 0) is 4.79 Å². The minimum absolute atomic E-state index is 0.0933. The first kappa shape index (κ1) is 13.1. The summed E-state index contributed by atoms with van der Waals surface area (Å²) < 4.78 is 2.79. The maximum Gasteiger partial charge on any atom is 0.271 e. The minimum Gasteiger partial charge on any atom is -0.353 e. The Hall–Kier alpha value is -1.30. The van der Waals surface area contributed by atoms with Gasteiger partial charge in [0.25, 0.3) is 5.91 Å². The van der Waals surface area contributed by atoms with E-state index in [1.165, 1.54) is 0 Å². The van der Waals surface area contributed by atoms with Crippen LogP contribution in [0.5, 0.6) is 0 Å². The fourth-order valence-corrected chi connectivity index (χ4v) is 2.46. The van der Waals surface area contributed by atoms with Crippen LogP contribution in [0, 0.1) is 0 Å². The lowest BCUT2D eigenvalue weighted by Gasteiger charge is -2.27. The summed E-state index contributed by atoms with van der Waals surface area (Å²) in [6, 6.07) is 2.00. The molecule has 1 fully saturated rings. The van der Waals surface area contributed by atoms with Crippen molar-refractivity contribution in [1.82, 2.24) is 14.8 Å². The van der Waals surface area contributed by atoms with Crippen molar-refractivity contribution in [2.45, 2.75) is 19.9 Å². The molecule has 1 N–H and O–H groups in total. The van der Waals surface area contributed by atoms with E-state index < -0.39 is 0 Å². The predicted octanol–water partition coefficient (Wildman–Crippen LogP) is 1.40. The van der Waals surface area contributed by atoms with Crippen molar-refractivity contribution >= 4 is 27.7 Å². The van der Waals surface area contributed by atoms with Crippen LogP contribution in [0.3, 0.4) is 0 Å². The summed E-state index contributed by atoms with van der Waals surface area (Å²) in [5.41, 5.74) is 0.617. The Morgan fingerprint density at radius 3 is 2.83 bits per heavy atom. The Kier molecular flexibility index (Phi) is 3.75. The molecule has 0 spiro atoms. The van der Waals surface area contributed by atoms with Crippen LogP contribution in [0.15, 0.2) is 16.7 Å². The summed E-state index contributed by atoms with van der Waals surface area (Å²) in [5, 5.41) is 2.71. The van der Waals surface area contributed by atoms with E-state index in [-0.39, 0.29) is 24.4 Å². The molecule has 0 saturated carbocycles. The molecule has 5 nitrogen and oxygen atoms in total. The van der Waals surface area contributed by atoms with Gasteiger partial charge < -0.3 is 14.8 Å². The monoisotopic (exact) mass is 313 g/mol. The third-order valence-corrected chi connectivity index (χ3v) is 3.35. The Morgan fingerprint density at radius 2 is 2.22 bits per heavy atom. The molecule has 0 bridgehead atoms. The van der Waals surface area contributed by atoms with E-state index in [1.807, 2.05) is 24.6 Å². The van der Waals surface area contributed by atoms with Gasteiger partial charge in [-0.05, 0) is 35.8 Å². The molecule has 0 radical (unpaired) electrons. The van der Waals surface area contributed by atoms with Gasteiger partial charge in [0, 0.05) is 29.8 Å². The van der Waals surface area contributed by atoms with Gasteiger partial charge in [-0.15, -0.1) is 0 Å². The molecule has 2 heterocycles. The van der Waals surface area contributed by atoms with Crippen LogP contribution in [0.2, 0.25) is 0 Å². The minimum atomic E-state index is -0.101. The van der Waals surface area contributed by atoms with Gasteiger partial charge in [0.05, 0.1) is 6.54 Å². The summed E-state index contributed by atoms with van der Waals surface area (Å²) in [5.74, 6) is -0.194. The summed E-state index contributed by atoms with van der Waals surface area (Å²) in [6.07, 6.45) is 1.89. The number of nitrogens with one attached hydrogen (secondary N) is 1. The average Bonchev–Trinajstić information content (AvgIpc) is 2.70. The van der Waals surface area contributed by atoms with Crippen molar-refractivity contribution in [3.63, 3.8) is 0 Å². The molecule has 6 heteroatoms. The molecule has 1 saturated heterocycles. The van der Waals surface area contributed by atoms with Crippen LogP contribution in [0.4, 0.5) is 0 Å². The highest BCUT2D eigenvalue weighted by Crippen LogP contribution is 2.20. The molecular weight excluding hydrogens is 298 g/mol. The molecule has 1 aromatic heterocycles. The number of carbonyl (C=O) groups excluding carboxylic acids is 2. The number of amides is 2. The molecular formula is C12H16BrN3O2. The van der Waals surface area contributed by atoms with E-state index >= 15 is 0 Å². The highest BCUT2D eigenvalue weighted by molar-refractivity contribution is 9.10. The van der Waals surface area contributed by atoms with Crippen LogP contribution >= 0.6 is 15.9 Å². The standard InChI is InChI=1S/C12H16BrN3O2/c1-8(2)16-6-9(13)5-10(16)12(18)15-4-3-14-11(17)7-15/h5-6,8H,3-4,7H2,1-2H3,(H,14,17). The summed E-state index contributed by atoms with van der Waals surface area (Å²) in [7, 11) is 0. The quantitative estimate of drug-likeness (QED) is 0.897. The summed E-state index contributed by atoms with van der Waals surface area (Å²) in [6.45, 7) is 5.26. The van der Waals surface area contributed by atoms with Crippen LogP contribution < -0.4 is 5.32 Å². The van der Waals surface area contributed by atoms with Crippen LogP contribution in [-0.4, -0.2) is 40.9 Å². The van der Waals surface area contributed by atoms with Crippen molar-refractivity contribution in [1.29, 1.82) is 0 Å². The zero-order valence-electron chi connectivity index (χ0n) is 10.4. The number of piperazine rings is 1. The van der Waals surface area contributed by atoms with Gasteiger partial charge in [-0.1, -0.05) is 0 Å². The maximum absolute atomic E-state index is 12.4. The van der Waals surface area contributed by atoms with E-state index in [2.05, 4.69) is 21.2 Å². The Bertz CT molecular complexity index is 482. The van der Waals surface area contributed by atoms with Gasteiger partial charge in [-0.3, -0.25) is 9.59 Å². The fraction of sp³-hybridized carbons (Fsp3) is 0.500. The Morgan fingerprint density at radius 1 is 1.50 bits per heavy atom. The zero-order chi connectivity index (χ0) is 13.3. The van der Waals surface area contributed by atoms with Crippen LogP contribution in [0.25, 0.3) is 0 Å². The Labute approximate surface area is 114 Å². The second-order valence-electron chi connectivity index (χ2n) is 4.62. The van der Waals surface area contributed by atoms with E-state index in [1.54, 1.807) is 11.0 Å². The molecule has 0 unspecified atom stereocenters. The maximum atomic E-state index is 12.4. The van der Waals surface area contributed by atoms with Crippen molar-refractivity contribution < 1.29 is 9.59 Å². The molecule has 0 atom stereocenters. The third kappa shape index (κ3) is 2.58. The van der Waals surface area contributed by atoms with E-state index in [0.717, 1.165) is 4.47 Å². The zero-order valence-corrected chi connectivity index (χ0v) is 12.0. The smallest absolute Gasteiger partial charge is 0.271 e. The van der Waals surface area contributed by atoms with E-state index in [0.29, 0.717) is 18.8 Å². The molecule has 1 aliphatic rings. The lowest BCUT2D eigenvalue weighted by molar-refractivity contribution is -0.123. The highest BCUT2D eigenvalue weighted by Gasteiger charge is 2.25. The fourth-order valence-electron chi connectivity index (χ4n) is 2.02. The van der Waals surface area contributed by atoms with Crippen molar-refractivity contribution in [2.24, 2.45) is 0 Å². The second-order valence-corrected chi connectivity index (χ2v) is 5.54. The molecule has 0 aromatic carbocycles. The topological polar surface area (TPSA) is 54.3 Å². The Balaban J connectivity index is 2.25. The molecule has 1 aromatic rings. The molecule has 2 amide bonds. The number of nitrogens with zero attached hydrogens (tertiary/aromatic N) is 2. The number of hydrogen-bond donors (Lipinski definition) is 1. The normalized spacial score (nSPS) is 16.0. The van der Waals surface area contributed by atoms with Crippen molar-refractivity contribution in [3.8, 4) is 0 Å². The van der Waals surface area contributed by atoms with Gasteiger partial charge in [0.1, 0.15) is 5.69 Å². The average molecular weight is 314 g/mol. The molecule has 98 valence electrons. The molecule has 18 heavy (non-hydrogen) atoms. The second kappa shape index (κ2) is 5.14. The SMILES string of the molecule is CC(C)n1cc(Br)cc1C(=O)N1CCNC(=O)C1. The van der Waals surface area contributed by atoms with Gasteiger partial charge in [0.15, 0.2) is 0 Å². The predicted molar refractivity (Wildman–Crippen MR) is 71.4 cm³/mol. The first-order valence-corrected chi connectivity index (χ1v) is 6.71. The molecule has 0 aliphatic carbocycles. The molecule has 2 rings (SSSR count). The number of rotatable bonds is 2. The first-order valence-electron chi connectivity index (χ1n) is 5.92. The number of hydrogen-bond acceptors (Lipinski definition) is 2. The summed E-state index contributed by atoms with van der Waals surface area (Å²) in [4.78, 5) is 25.3. The lowest BCUT2D eigenvalue weighted by atomic mass is 10.3. The van der Waals surface area contributed by atoms with Crippen LogP contribution in [0.1, 0.15) is 30.4 Å². The number of carbonyl (C=O) groups is 2. The van der Waals surface area contributed by atoms with Gasteiger partial charge >= 0.3 is 0 Å². The third-order valence-electron chi connectivity index (χ3n) is 2.92. The molecule has 1 aliphatic heterocycles. The van der Waals surface area contributed by atoms with Crippen molar-refractivity contribution in [2.75, 3.05) is 19.6 Å². The van der Waals surface area contributed by atoms with Gasteiger partial charge in [-0.25, -0.2) is 0 Å². The van der Waals surface area contributed by atoms with Gasteiger partial charge in [0.2, 0.25) is 5.91 Å². The van der Waals surface area contributed by atoms with E-state index in [9.17, 15) is 9.59 Å². The van der Waals surface area contributed by atoms with Crippen molar-refractivity contribution in [3.05, 3.63) is 22.4 Å². The largest absolute Gasteiger partial charge is 0.353 e. The number of aromatic nitrogens is 1. The number of halogens is 1. The summed E-state index contributed by atoms with van der Waals surface area (Å²) >= 11 is 3.38. The van der Waals surface area contributed by atoms with Gasteiger partial charge in [-0.2, -0.15) is 0 Å². The lowest BCUT2D eigenvalue weighted by Crippen LogP contribution is -2.50. The first-order chi connectivity index (χ1) is 8.49.